The fourth-order valence-electron chi connectivity index (χ4n) is 4.55. The summed E-state index contributed by atoms with van der Waals surface area (Å²) >= 11 is 0. The number of benzene rings is 2. The van der Waals surface area contributed by atoms with Crippen molar-refractivity contribution in [2.45, 2.75) is 52.2 Å². The van der Waals surface area contributed by atoms with Gasteiger partial charge in [0.25, 0.3) is 5.91 Å². The lowest BCUT2D eigenvalue weighted by Gasteiger charge is -2.27. The predicted molar refractivity (Wildman–Crippen MR) is 150 cm³/mol. The Hall–Kier alpha value is -4.73. The van der Waals surface area contributed by atoms with Crippen molar-refractivity contribution in [3.8, 4) is 11.1 Å². The number of fused-ring (bicyclic) bond motifs is 1. The zero-order valence-corrected chi connectivity index (χ0v) is 23.0. The summed E-state index contributed by atoms with van der Waals surface area (Å²) in [6.45, 7) is 6.88. The third-order valence-electron chi connectivity index (χ3n) is 6.25. The second kappa shape index (κ2) is 12.0. The number of anilines is 1. The zero-order valence-electron chi connectivity index (χ0n) is 23.0. The Morgan fingerprint density at radius 2 is 1.68 bits per heavy atom. The van der Waals surface area contributed by atoms with Gasteiger partial charge in [0.1, 0.15) is 11.6 Å². The van der Waals surface area contributed by atoms with Gasteiger partial charge in [-0.3, -0.25) is 30.2 Å². The number of nitrogens with zero attached hydrogens (tertiary/aromatic N) is 2. The molecule has 0 bridgehead atoms. The summed E-state index contributed by atoms with van der Waals surface area (Å²) in [6.07, 6.45) is 3.27. The van der Waals surface area contributed by atoms with Crippen LogP contribution in [0, 0.1) is 0 Å². The summed E-state index contributed by atoms with van der Waals surface area (Å²) in [4.78, 5) is 57.0. The number of hydrazine groups is 1. The normalized spacial score (nSPS) is 13.2. The van der Waals surface area contributed by atoms with E-state index in [2.05, 4.69) is 21.2 Å². The van der Waals surface area contributed by atoms with E-state index >= 15 is 0 Å². The summed E-state index contributed by atoms with van der Waals surface area (Å²) in [5.74, 6) is -1.23. The SMILES string of the molecule is CC(=O)NNC(=O)c1cc(-c2ccncc2)cc2c1CCN2C(=O)[C@H](Cc1ccccc1)NC(=O)OC(C)(C)C. The quantitative estimate of drug-likeness (QED) is 0.408. The third kappa shape index (κ3) is 7.02. The van der Waals surface area contributed by atoms with Crippen LogP contribution in [-0.4, -0.2) is 47.0 Å². The number of pyridine rings is 1. The maximum Gasteiger partial charge on any atom is 0.408 e. The van der Waals surface area contributed by atoms with Crippen LogP contribution in [0.2, 0.25) is 0 Å². The molecule has 1 aliphatic heterocycles. The van der Waals surface area contributed by atoms with Crippen molar-refractivity contribution < 1.29 is 23.9 Å². The van der Waals surface area contributed by atoms with Crippen molar-refractivity contribution in [3.05, 3.63) is 83.7 Å². The van der Waals surface area contributed by atoms with Crippen molar-refractivity contribution in [1.82, 2.24) is 21.2 Å². The molecule has 2 aromatic carbocycles. The Bertz CT molecular complexity index is 1400. The summed E-state index contributed by atoms with van der Waals surface area (Å²) < 4.78 is 5.45. The summed E-state index contributed by atoms with van der Waals surface area (Å²) in [5.41, 5.74) is 7.97. The Morgan fingerprint density at radius 3 is 2.33 bits per heavy atom. The van der Waals surface area contributed by atoms with Gasteiger partial charge in [0, 0.05) is 43.5 Å². The van der Waals surface area contributed by atoms with Crippen LogP contribution >= 0.6 is 0 Å². The Kier molecular flexibility index (Phi) is 8.47. The van der Waals surface area contributed by atoms with Crippen LogP contribution < -0.4 is 21.1 Å². The molecule has 10 nitrogen and oxygen atoms in total. The summed E-state index contributed by atoms with van der Waals surface area (Å²) in [5, 5.41) is 2.76. The Balaban J connectivity index is 1.72. The number of carbonyl (C=O) groups excluding carboxylic acids is 4. The van der Waals surface area contributed by atoms with E-state index in [0.29, 0.717) is 35.3 Å². The van der Waals surface area contributed by atoms with Gasteiger partial charge in [0.2, 0.25) is 11.8 Å². The van der Waals surface area contributed by atoms with E-state index in [1.807, 2.05) is 36.4 Å². The van der Waals surface area contributed by atoms with Crippen molar-refractivity contribution in [2.24, 2.45) is 0 Å². The molecule has 0 saturated carbocycles. The molecule has 0 spiro atoms. The monoisotopic (exact) mass is 543 g/mol. The first kappa shape index (κ1) is 28.3. The molecule has 2 heterocycles. The molecule has 0 radical (unpaired) electrons. The molecule has 0 fully saturated rings. The van der Waals surface area contributed by atoms with Crippen LogP contribution in [0.4, 0.5) is 10.5 Å². The number of hydrogen-bond donors (Lipinski definition) is 3. The van der Waals surface area contributed by atoms with E-state index in [4.69, 9.17) is 4.74 Å². The molecule has 10 heteroatoms. The molecule has 3 N–H and O–H groups in total. The van der Waals surface area contributed by atoms with E-state index in [-0.39, 0.29) is 12.3 Å². The standard InChI is InChI=1S/C30H33N5O5/c1-19(36)33-34-27(37)24-17-22(21-10-13-31-14-11-21)18-26-23(24)12-15-35(26)28(38)25(16-20-8-6-5-7-9-20)32-29(39)40-30(2,3)4/h5-11,13-14,17-18,25H,12,15-16H2,1-4H3,(H,32,39)(H,33,36)(H,34,37)/t25-/m0/s1. The molecule has 1 atom stereocenters. The van der Waals surface area contributed by atoms with E-state index in [0.717, 1.165) is 11.1 Å². The van der Waals surface area contributed by atoms with E-state index < -0.39 is 29.6 Å². The molecule has 0 aliphatic carbocycles. The predicted octanol–water partition coefficient (Wildman–Crippen LogP) is 3.55. The average molecular weight is 544 g/mol. The molecule has 1 aromatic heterocycles. The number of ether oxygens (including phenoxy) is 1. The molecule has 4 rings (SSSR count). The summed E-state index contributed by atoms with van der Waals surface area (Å²) in [6, 6.07) is 15.7. The highest BCUT2D eigenvalue weighted by molar-refractivity contribution is 6.05. The van der Waals surface area contributed by atoms with Crippen molar-refractivity contribution in [2.75, 3.05) is 11.4 Å². The average Bonchev–Trinajstić information content (AvgIpc) is 3.34. The van der Waals surface area contributed by atoms with Crippen molar-refractivity contribution >= 4 is 29.5 Å². The Morgan fingerprint density at radius 1 is 0.975 bits per heavy atom. The number of amides is 4. The van der Waals surface area contributed by atoms with Crippen LogP contribution in [0.1, 0.15) is 49.2 Å². The fourth-order valence-corrected chi connectivity index (χ4v) is 4.55. The van der Waals surface area contributed by atoms with Gasteiger partial charge < -0.3 is 15.0 Å². The molecule has 4 amide bonds. The molecule has 208 valence electrons. The van der Waals surface area contributed by atoms with E-state index in [1.165, 1.54) is 6.92 Å². The minimum atomic E-state index is -0.913. The van der Waals surface area contributed by atoms with Crippen LogP contribution in [0.5, 0.6) is 0 Å². The van der Waals surface area contributed by atoms with Gasteiger partial charge >= 0.3 is 6.09 Å². The number of rotatable bonds is 6. The number of nitrogens with one attached hydrogen (secondary N) is 3. The van der Waals surface area contributed by atoms with Gasteiger partial charge in [-0.2, -0.15) is 0 Å². The Labute approximate surface area is 233 Å². The highest BCUT2D eigenvalue weighted by Gasteiger charge is 2.35. The minimum absolute atomic E-state index is 0.255. The van der Waals surface area contributed by atoms with Gasteiger partial charge in [-0.15, -0.1) is 0 Å². The van der Waals surface area contributed by atoms with Gasteiger partial charge in [0.15, 0.2) is 0 Å². The maximum absolute atomic E-state index is 14.0. The van der Waals surface area contributed by atoms with Gasteiger partial charge in [-0.25, -0.2) is 4.79 Å². The highest BCUT2D eigenvalue weighted by atomic mass is 16.6. The maximum atomic E-state index is 14.0. The van der Waals surface area contributed by atoms with E-state index in [9.17, 15) is 19.2 Å². The van der Waals surface area contributed by atoms with Crippen molar-refractivity contribution in [3.63, 3.8) is 0 Å². The highest BCUT2D eigenvalue weighted by Crippen LogP contribution is 2.36. The smallest absolute Gasteiger partial charge is 0.408 e. The second-order valence-corrected chi connectivity index (χ2v) is 10.5. The third-order valence-corrected chi connectivity index (χ3v) is 6.25. The molecule has 3 aromatic rings. The van der Waals surface area contributed by atoms with Crippen LogP contribution in [0.15, 0.2) is 67.0 Å². The number of carbonyl (C=O) groups is 4. The minimum Gasteiger partial charge on any atom is -0.444 e. The first-order valence-corrected chi connectivity index (χ1v) is 13.0. The molecule has 0 saturated heterocycles. The van der Waals surface area contributed by atoms with Gasteiger partial charge in [-0.05, 0) is 73.7 Å². The molecular weight excluding hydrogens is 510 g/mol. The first-order chi connectivity index (χ1) is 19.0. The largest absolute Gasteiger partial charge is 0.444 e. The van der Waals surface area contributed by atoms with Gasteiger partial charge in [-0.1, -0.05) is 30.3 Å². The number of aromatic nitrogens is 1. The fraction of sp³-hybridized carbons (Fsp3) is 0.300. The number of alkyl carbamates (subject to hydrolysis) is 1. The molecule has 1 aliphatic rings. The van der Waals surface area contributed by atoms with Crippen LogP contribution in [0.25, 0.3) is 11.1 Å². The van der Waals surface area contributed by atoms with Crippen LogP contribution in [0.3, 0.4) is 0 Å². The lowest BCUT2D eigenvalue weighted by molar-refractivity contribution is -0.121. The lowest BCUT2D eigenvalue weighted by atomic mass is 9.97. The first-order valence-electron chi connectivity index (χ1n) is 13.0. The zero-order chi connectivity index (χ0) is 28.9. The molecule has 0 unspecified atom stereocenters. The van der Waals surface area contributed by atoms with E-state index in [1.54, 1.807) is 56.3 Å². The van der Waals surface area contributed by atoms with Gasteiger partial charge in [0.05, 0.1) is 0 Å². The second-order valence-electron chi connectivity index (χ2n) is 10.5. The van der Waals surface area contributed by atoms with Crippen LogP contribution in [-0.2, 0) is 27.2 Å². The summed E-state index contributed by atoms with van der Waals surface area (Å²) in [7, 11) is 0. The molecular formula is C30H33N5O5. The molecule has 40 heavy (non-hydrogen) atoms. The number of hydrogen-bond acceptors (Lipinski definition) is 6. The lowest BCUT2D eigenvalue weighted by Crippen LogP contribution is -2.50. The topological polar surface area (TPSA) is 130 Å². The van der Waals surface area contributed by atoms with Crippen molar-refractivity contribution in [1.29, 1.82) is 0 Å².